The van der Waals surface area contributed by atoms with Gasteiger partial charge in [0.05, 0.1) is 11.8 Å². The molecule has 4 aliphatic rings. The minimum atomic E-state index is -0.183. The normalized spacial score (nSPS) is 45.7. The van der Waals surface area contributed by atoms with Gasteiger partial charge >= 0.3 is 0 Å². The molecular weight excluding hydrogens is 360 g/mol. The third-order valence-corrected chi connectivity index (χ3v) is 9.59. The van der Waals surface area contributed by atoms with Crippen LogP contribution in [0.25, 0.3) is 6.08 Å². The highest BCUT2D eigenvalue weighted by atomic mass is 16.3. The maximum Gasteiger partial charge on any atom is 0.165 e. The molecule has 4 fully saturated rings. The third kappa shape index (κ3) is 2.89. The molecule has 0 amide bonds. The van der Waals surface area contributed by atoms with Gasteiger partial charge in [-0.1, -0.05) is 13.8 Å². The van der Waals surface area contributed by atoms with Crippen LogP contribution in [0.3, 0.4) is 0 Å². The van der Waals surface area contributed by atoms with Crippen LogP contribution < -0.4 is 0 Å². The van der Waals surface area contributed by atoms with Crippen molar-refractivity contribution in [2.24, 2.45) is 34.5 Å². The molecule has 0 aliphatic heterocycles. The van der Waals surface area contributed by atoms with Crippen LogP contribution in [0, 0.1) is 34.5 Å². The Labute approximate surface area is 174 Å². The molecule has 5 rings (SSSR count). The highest BCUT2D eigenvalue weighted by Gasteiger charge is 2.61. The molecule has 0 radical (unpaired) electrons. The molecule has 158 valence electrons. The summed E-state index contributed by atoms with van der Waals surface area (Å²) >= 11 is 0. The second-order valence-corrected chi connectivity index (χ2v) is 10.8. The van der Waals surface area contributed by atoms with Crippen molar-refractivity contribution < 1.29 is 9.90 Å². The zero-order chi connectivity index (χ0) is 20.4. The number of carbonyl (C=O) groups is 1. The average molecular weight is 397 g/mol. The van der Waals surface area contributed by atoms with Crippen molar-refractivity contribution in [1.82, 2.24) is 9.78 Å². The van der Waals surface area contributed by atoms with Crippen LogP contribution in [-0.4, -0.2) is 26.8 Å². The van der Waals surface area contributed by atoms with Crippen LogP contribution in [0.2, 0.25) is 0 Å². The zero-order valence-corrected chi connectivity index (χ0v) is 18.2. The molecular formula is C25H36N2O2. The summed E-state index contributed by atoms with van der Waals surface area (Å²) in [5.74, 6) is 2.92. The van der Waals surface area contributed by atoms with Crippen molar-refractivity contribution in [3.05, 3.63) is 23.5 Å². The Morgan fingerprint density at radius 3 is 2.79 bits per heavy atom. The van der Waals surface area contributed by atoms with Gasteiger partial charge in [-0.3, -0.25) is 9.48 Å². The summed E-state index contributed by atoms with van der Waals surface area (Å²) in [6, 6.07) is 2.02. The van der Waals surface area contributed by atoms with E-state index in [2.05, 4.69) is 31.9 Å². The van der Waals surface area contributed by atoms with Crippen molar-refractivity contribution in [2.75, 3.05) is 0 Å². The van der Waals surface area contributed by atoms with Gasteiger partial charge in [0.2, 0.25) is 0 Å². The van der Waals surface area contributed by atoms with Crippen LogP contribution >= 0.6 is 0 Å². The van der Waals surface area contributed by atoms with Crippen LogP contribution in [-0.2, 0) is 11.3 Å². The molecule has 4 nitrogen and oxygen atoms in total. The molecule has 0 spiro atoms. The largest absolute Gasteiger partial charge is 0.393 e. The van der Waals surface area contributed by atoms with E-state index in [1.165, 1.54) is 19.3 Å². The molecule has 4 saturated carbocycles. The Morgan fingerprint density at radius 2 is 2.03 bits per heavy atom. The lowest BCUT2D eigenvalue weighted by molar-refractivity contribution is -0.141. The number of allylic oxidation sites excluding steroid dienone is 1. The maximum absolute atomic E-state index is 13.5. The Morgan fingerprint density at radius 1 is 1.21 bits per heavy atom. The number of ketones is 1. The monoisotopic (exact) mass is 396 g/mol. The molecule has 29 heavy (non-hydrogen) atoms. The molecule has 0 aromatic carbocycles. The lowest BCUT2D eigenvalue weighted by atomic mass is 9.45. The van der Waals surface area contributed by atoms with Gasteiger partial charge in [-0.05, 0) is 105 Å². The van der Waals surface area contributed by atoms with E-state index in [4.69, 9.17) is 0 Å². The minimum Gasteiger partial charge on any atom is -0.393 e. The van der Waals surface area contributed by atoms with E-state index < -0.39 is 0 Å². The van der Waals surface area contributed by atoms with E-state index in [1.807, 2.05) is 16.9 Å². The van der Waals surface area contributed by atoms with Gasteiger partial charge in [-0.25, -0.2) is 0 Å². The summed E-state index contributed by atoms with van der Waals surface area (Å²) < 4.78 is 1.93. The van der Waals surface area contributed by atoms with Gasteiger partial charge in [0.25, 0.3) is 0 Å². The number of carbonyl (C=O) groups excluding carboxylic acids is 1. The molecule has 1 aromatic heterocycles. The number of aryl methyl sites for hydroxylation is 1. The quantitative estimate of drug-likeness (QED) is 0.726. The maximum atomic E-state index is 13.5. The first-order valence-corrected chi connectivity index (χ1v) is 11.8. The second kappa shape index (κ2) is 6.80. The summed E-state index contributed by atoms with van der Waals surface area (Å²) in [4.78, 5) is 13.5. The van der Waals surface area contributed by atoms with Gasteiger partial charge in [-0.2, -0.15) is 5.10 Å². The number of aliphatic hydroxyl groups excluding tert-OH is 1. The van der Waals surface area contributed by atoms with Gasteiger partial charge in [0.15, 0.2) is 5.78 Å². The molecule has 0 saturated heterocycles. The van der Waals surface area contributed by atoms with E-state index in [9.17, 15) is 9.90 Å². The number of hydrogen-bond donors (Lipinski definition) is 1. The van der Waals surface area contributed by atoms with Gasteiger partial charge in [-0.15, -0.1) is 0 Å². The number of Topliss-reactive ketones (excluding diaryl/α,β-unsaturated/α-hetero) is 1. The Balaban J connectivity index is 1.43. The van der Waals surface area contributed by atoms with Crippen molar-refractivity contribution >= 4 is 11.9 Å². The van der Waals surface area contributed by atoms with Crippen molar-refractivity contribution in [1.29, 1.82) is 0 Å². The fraction of sp³-hybridized carbons (Fsp3) is 0.760. The smallest absolute Gasteiger partial charge is 0.165 e. The predicted octanol–water partition coefficient (Wildman–Crippen LogP) is 4.87. The topological polar surface area (TPSA) is 55.1 Å². The first-order valence-electron chi connectivity index (χ1n) is 11.8. The van der Waals surface area contributed by atoms with E-state index >= 15 is 0 Å². The molecule has 1 aromatic rings. The molecule has 4 aliphatic carbocycles. The highest BCUT2D eigenvalue weighted by molar-refractivity contribution is 6.05. The number of aliphatic hydroxyl groups is 1. The SMILES string of the molecule is CCn1ccc(/C=C2/C[C@H]3[C@@H]4CC[C@H]5C[C@@H](O)CC[C@]5(C)[C@H]4CC[C@]3(C)C2=O)n1. The predicted molar refractivity (Wildman–Crippen MR) is 114 cm³/mol. The van der Waals surface area contributed by atoms with E-state index in [0.717, 1.165) is 55.8 Å². The van der Waals surface area contributed by atoms with E-state index in [-0.39, 0.29) is 11.5 Å². The number of hydrogen-bond acceptors (Lipinski definition) is 3. The molecule has 1 heterocycles. The molecule has 7 atom stereocenters. The first kappa shape index (κ1) is 19.5. The average Bonchev–Trinajstić information content (AvgIpc) is 3.26. The Hall–Kier alpha value is -1.42. The van der Waals surface area contributed by atoms with Crippen molar-refractivity contribution in [3.8, 4) is 0 Å². The first-order chi connectivity index (χ1) is 13.8. The Bertz CT molecular complexity index is 842. The van der Waals surface area contributed by atoms with Gasteiger partial charge < -0.3 is 5.11 Å². The summed E-state index contributed by atoms with van der Waals surface area (Å²) in [5, 5.41) is 14.8. The molecule has 4 heteroatoms. The molecule has 0 unspecified atom stereocenters. The molecule has 0 bridgehead atoms. The summed E-state index contributed by atoms with van der Waals surface area (Å²) in [6.45, 7) is 7.70. The van der Waals surface area contributed by atoms with E-state index in [0.29, 0.717) is 29.0 Å². The van der Waals surface area contributed by atoms with Crippen LogP contribution in [0.4, 0.5) is 0 Å². The third-order valence-electron chi connectivity index (χ3n) is 9.59. The van der Waals surface area contributed by atoms with Crippen molar-refractivity contribution in [3.63, 3.8) is 0 Å². The summed E-state index contributed by atoms with van der Waals surface area (Å²) in [6.07, 6.45) is 12.7. The number of rotatable bonds is 2. The second-order valence-electron chi connectivity index (χ2n) is 10.8. The van der Waals surface area contributed by atoms with Crippen LogP contribution in [0.1, 0.15) is 77.8 Å². The lowest BCUT2D eigenvalue weighted by Gasteiger charge is -2.59. The van der Waals surface area contributed by atoms with Gasteiger partial charge in [0, 0.05) is 18.2 Å². The summed E-state index contributed by atoms with van der Waals surface area (Å²) in [7, 11) is 0. The van der Waals surface area contributed by atoms with Crippen LogP contribution in [0.15, 0.2) is 17.8 Å². The zero-order valence-electron chi connectivity index (χ0n) is 18.2. The Kier molecular flexibility index (Phi) is 4.58. The molecule has 1 N–H and O–H groups in total. The van der Waals surface area contributed by atoms with Gasteiger partial charge in [0.1, 0.15) is 0 Å². The fourth-order valence-corrected chi connectivity index (χ4v) is 7.84. The van der Waals surface area contributed by atoms with E-state index in [1.54, 1.807) is 0 Å². The summed E-state index contributed by atoms with van der Waals surface area (Å²) in [5.41, 5.74) is 2.10. The number of aromatic nitrogens is 2. The number of nitrogens with zero attached hydrogens (tertiary/aromatic N) is 2. The van der Waals surface area contributed by atoms with Crippen molar-refractivity contribution in [2.45, 2.75) is 84.8 Å². The standard InChI is InChI=1S/C25H36N2O2/c1-4-27-12-9-18(26-27)13-16-14-22-20-6-5-17-15-19(28)7-10-24(17,2)21(20)8-11-25(22,3)23(16)29/h9,12-13,17,19-22,28H,4-8,10-11,14-15H2,1-3H3/b16-13-/t17-,19-,20+,21-,22-,24-,25-/m0/s1. The fourth-order valence-electron chi connectivity index (χ4n) is 7.84. The van der Waals surface area contributed by atoms with Crippen LogP contribution in [0.5, 0.6) is 0 Å². The number of fused-ring (bicyclic) bond motifs is 5. The lowest BCUT2D eigenvalue weighted by Crippen LogP contribution is -2.54. The minimum absolute atomic E-state index is 0.0935. The highest BCUT2D eigenvalue weighted by Crippen LogP contribution is 2.66.